The van der Waals surface area contributed by atoms with Gasteiger partial charge in [-0.15, -0.1) is 0 Å². The Morgan fingerprint density at radius 3 is 2.50 bits per heavy atom. The largest absolute Gasteiger partial charge is 0.478 e. The summed E-state index contributed by atoms with van der Waals surface area (Å²) in [7, 11) is 0. The van der Waals surface area contributed by atoms with Gasteiger partial charge in [0, 0.05) is 6.54 Å². The molecule has 0 saturated carbocycles. The molecule has 0 fully saturated rings. The number of ether oxygens (including phenoxy) is 1. The van der Waals surface area contributed by atoms with Crippen molar-refractivity contribution in [2.45, 2.75) is 32.3 Å². The van der Waals surface area contributed by atoms with Crippen LogP contribution >= 0.6 is 0 Å². The first-order valence-electron chi connectivity index (χ1n) is 8.03. The summed E-state index contributed by atoms with van der Waals surface area (Å²) in [4.78, 5) is 12.1. The number of nitrogens with one attached hydrogen (secondary N) is 1. The minimum atomic E-state index is -0.729. The van der Waals surface area contributed by atoms with Crippen LogP contribution in [0.3, 0.4) is 0 Å². The minimum Gasteiger partial charge on any atom is -0.478 e. The predicted octanol–water partition coefficient (Wildman–Crippen LogP) is 3.87. The maximum absolute atomic E-state index is 13.6. The SMILES string of the molecule is CC[C@@H](Oc1ccccc1F)C(=O)NCCCc1ccc(F)cc1. The van der Waals surface area contributed by atoms with E-state index in [0.29, 0.717) is 13.0 Å². The number of para-hydroxylation sites is 1. The van der Waals surface area contributed by atoms with E-state index in [1.807, 2.05) is 6.92 Å². The lowest BCUT2D eigenvalue weighted by Crippen LogP contribution is -2.38. The number of halogens is 2. The highest BCUT2D eigenvalue weighted by molar-refractivity contribution is 5.81. The minimum absolute atomic E-state index is 0.0748. The lowest BCUT2D eigenvalue weighted by atomic mass is 10.1. The summed E-state index contributed by atoms with van der Waals surface area (Å²) < 4.78 is 31.9. The van der Waals surface area contributed by atoms with E-state index in [1.54, 1.807) is 24.3 Å². The molecule has 0 aliphatic carbocycles. The fourth-order valence-electron chi connectivity index (χ4n) is 2.28. The summed E-state index contributed by atoms with van der Waals surface area (Å²) in [5.74, 6) is -0.936. The van der Waals surface area contributed by atoms with Crippen LogP contribution < -0.4 is 10.1 Å². The number of carbonyl (C=O) groups is 1. The lowest BCUT2D eigenvalue weighted by Gasteiger charge is -2.17. The summed E-state index contributed by atoms with van der Waals surface area (Å²) >= 11 is 0. The van der Waals surface area contributed by atoms with E-state index in [0.717, 1.165) is 18.4 Å². The quantitative estimate of drug-likeness (QED) is 0.745. The van der Waals surface area contributed by atoms with Gasteiger partial charge in [0.15, 0.2) is 17.7 Å². The highest BCUT2D eigenvalue weighted by Gasteiger charge is 2.19. The third kappa shape index (κ3) is 5.33. The van der Waals surface area contributed by atoms with E-state index in [-0.39, 0.29) is 17.5 Å². The van der Waals surface area contributed by atoms with Gasteiger partial charge in [0.25, 0.3) is 5.91 Å². The maximum atomic E-state index is 13.6. The first-order chi connectivity index (χ1) is 11.6. The summed E-state index contributed by atoms with van der Waals surface area (Å²) in [6.45, 7) is 2.29. The number of rotatable bonds is 8. The zero-order chi connectivity index (χ0) is 17.4. The van der Waals surface area contributed by atoms with E-state index < -0.39 is 11.9 Å². The van der Waals surface area contributed by atoms with Crippen LogP contribution in [0.1, 0.15) is 25.3 Å². The number of benzene rings is 2. The fourth-order valence-corrected chi connectivity index (χ4v) is 2.28. The molecule has 3 nitrogen and oxygen atoms in total. The topological polar surface area (TPSA) is 38.3 Å². The third-order valence-corrected chi connectivity index (χ3v) is 3.62. The number of hydrogen-bond donors (Lipinski definition) is 1. The van der Waals surface area contributed by atoms with E-state index in [1.165, 1.54) is 24.3 Å². The number of carbonyl (C=O) groups excluding carboxylic acids is 1. The molecule has 0 saturated heterocycles. The van der Waals surface area contributed by atoms with Crippen molar-refractivity contribution in [3.8, 4) is 5.75 Å². The molecule has 2 rings (SSSR count). The predicted molar refractivity (Wildman–Crippen MR) is 88.8 cm³/mol. The van der Waals surface area contributed by atoms with Crippen molar-refractivity contribution in [2.75, 3.05) is 6.54 Å². The third-order valence-electron chi connectivity index (χ3n) is 3.62. The molecule has 0 aliphatic rings. The van der Waals surface area contributed by atoms with Gasteiger partial charge < -0.3 is 10.1 Å². The highest BCUT2D eigenvalue weighted by atomic mass is 19.1. The molecule has 1 N–H and O–H groups in total. The van der Waals surface area contributed by atoms with Crippen LogP contribution in [0.4, 0.5) is 8.78 Å². The number of aryl methyl sites for hydroxylation is 1. The molecule has 1 atom stereocenters. The normalized spacial score (nSPS) is 11.8. The average molecular weight is 333 g/mol. The van der Waals surface area contributed by atoms with Crippen molar-refractivity contribution in [2.24, 2.45) is 0 Å². The second-order valence-corrected chi connectivity index (χ2v) is 5.47. The standard InChI is InChI=1S/C19H21F2NO2/c1-2-17(24-18-8-4-3-7-16(18)21)19(23)22-13-5-6-14-9-11-15(20)12-10-14/h3-4,7-12,17H,2,5-6,13H2,1H3,(H,22,23)/t17-/m1/s1. The van der Waals surface area contributed by atoms with E-state index in [2.05, 4.69) is 5.32 Å². The highest BCUT2D eigenvalue weighted by Crippen LogP contribution is 2.18. The van der Waals surface area contributed by atoms with Gasteiger partial charge in [-0.05, 0) is 49.1 Å². The van der Waals surface area contributed by atoms with Gasteiger partial charge in [-0.1, -0.05) is 31.2 Å². The van der Waals surface area contributed by atoms with Crippen molar-refractivity contribution in [3.63, 3.8) is 0 Å². The fraction of sp³-hybridized carbons (Fsp3) is 0.316. The molecule has 24 heavy (non-hydrogen) atoms. The van der Waals surface area contributed by atoms with Gasteiger partial charge in [-0.25, -0.2) is 8.78 Å². The van der Waals surface area contributed by atoms with Gasteiger partial charge in [-0.2, -0.15) is 0 Å². The Kier molecular flexibility index (Phi) is 6.73. The Morgan fingerprint density at radius 2 is 1.83 bits per heavy atom. The van der Waals surface area contributed by atoms with Gasteiger partial charge >= 0.3 is 0 Å². The molecule has 0 heterocycles. The van der Waals surface area contributed by atoms with Crippen LogP contribution in [0.2, 0.25) is 0 Å². The lowest BCUT2D eigenvalue weighted by molar-refractivity contribution is -0.128. The van der Waals surface area contributed by atoms with Crippen molar-refractivity contribution in [3.05, 3.63) is 65.7 Å². The first-order valence-corrected chi connectivity index (χ1v) is 8.03. The summed E-state index contributed by atoms with van der Waals surface area (Å²) in [6.07, 6.45) is 1.18. The molecule has 5 heteroatoms. The average Bonchev–Trinajstić information content (AvgIpc) is 2.59. The van der Waals surface area contributed by atoms with Crippen LogP contribution in [0, 0.1) is 11.6 Å². The zero-order valence-electron chi connectivity index (χ0n) is 13.6. The Morgan fingerprint density at radius 1 is 1.12 bits per heavy atom. The Bertz CT molecular complexity index is 659. The molecule has 2 aromatic rings. The van der Waals surface area contributed by atoms with Crippen molar-refractivity contribution in [1.29, 1.82) is 0 Å². The molecular formula is C19H21F2NO2. The molecule has 0 aromatic heterocycles. The first kappa shape index (κ1) is 17.9. The second-order valence-electron chi connectivity index (χ2n) is 5.47. The van der Waals surface area contributed by atoms with E-state index >= 15 is 0 Å². The molecule has 0 aliphatic heterocycles. The number of hydrogen-bond acceptors (Lipinski definition) is 2. The van der Waals surface area contributed by atoms with Crippen LogP contribution in [0.25, 0.3) is 0 Å². The summed E-state index contributed by atoms with van der Waals surface area (Å²) in [5, 5.41) is 2.79. The monoisotopic (exact) mass is 333 g/mol. The molecule has 128 valence electrons. The summed E-state index contributed by atoms with van der Waals surface area (Å²) in [6, 6.07) is 12.3. The van der Waals surface area contributed by atoms with Crippen molar-refractivity contribution >= 4 is 5.91 Å². The molecule has 2 aromatic carbocycles. The van der Waals surface area contributed by atoms with E-state index in [9.17, 15) is 13.6 Å². The van der Waals surface area contributed by atoms with Gasteiger partial charge in [0.05, 0.1) is 0 Å². The van der Waals surface area contributed by atoms with Gasteiger partial charge in [-0.3, -0.25) is 4.79 Å². The molecule has 0 spiro atoms. The zero-order valence-corrected chi connectivity index (χ0v) is 13.6. The second kappa shape index (κ2) is 9.01. The molecule has 0 unspecified atom stereocenters. The molecule has 0 radical (unpaired) electrons. The maximum Gasteiger partial charge on any atom is 0.261 e. The molecular weight excluding hydrogens is 312 g/mol. The van der Waals surface area contributed by atoms with Gasteiger partial charge in [0.1, 0.15) is 5.82 Å². The number of amides is 1. The summed E-state index contributed by atoms with van der Waals surface area (Å²) in [5.41, 5.74) is 1.01. The molecule has 1 amide bonds. The molecule has 0 bridgehead atoms. The van der Waals surface area contributed by atoms with Crippen molar-refractivity contribution in [1.82, 2.24) is 5.32 Å². The Balaban J connectivity index is 1.77. The Hall–Kier alpha value is -2.43. The van der Waals surface area contributed by atoms with E-state index in [4.69, 9.17) is 4.74 Å². The van der Waals surface area contributed by atoms with Gasteiger partial charge in [0.2, 0.25) is 0 Å². The van der Waals surface area contributed by atoms with Crippen LogP contribution in [-0.2, 0) is 11.2 Å². The Labute approximate surface area is 140 Å². The van der Waals surface area contributed by atoms with Crippen LogP contribution in [0.5, 0.6) is 5.75 Å². The van der Waals surface area contributed by atoms with Crippen LogP contribution in [-0.4, -0.2) is 18.6 Å². The van der Waals surface area contributed by atoms with Crippen molar-refractivity contribution < 1.29 is 18.3 Å². The van der Waals surface area contributed by atoms with Crippen LogP contribution in [0.15, 0.2) is 48.5 Å². The smallest absolute Gasteiger partial charge is 0.261 e.